The average molecular weight is 421 g/mol. The van der Waals surface area contributed by atoms with E-state index in [2.05, 4.69) is 15.1 Å². The summed E-state index contributed by atoms with van der Waals surface area (Å²) in [6, 6.07) is 7.56. The summed E-state index contributed by atoms with van der Waals surface area (Å²) in [6.45, 7) is 6.13. The number of hydrogen-bond donors (Lipinski definition) is 1. The first-order valence-electron chi connectivity index (χ1n) is 10.3. The largest absolute Gasteiger partial charge is 0.416 e. The fraction of sp³-hybridized carbons (Fsp3) is 0.524. The second-order valence-corrected chi connectivity index (χ2v) is 8.05. The Balaban J connectivity index is 1.35. The van der Waals surface area contributed by atoms with E-state index in [4.69, 9.17) is 0 Å². The van der Waals surface area contributed by atoms with Gasteiger partial charge < -0.3 is 9.80 Å². The molecule has 0 bridgehead atoms. The second kappa shape index (κ2) is 8.29. The molecule has 1 atom stereocenters. The Bertz CT molecular complexity index is 889. The van der Waals surface area contributed by atoms with E-state index in [1.807, 2.05) is 16.7 Å². The number of hydrogen-bond acceptors (Lipinski definition) is 4. The molecule has 0 spiro atoms. The van der Waals surface area contributed by atoms with Crippen molar-refractivity contribution in [3.8, 4) is 0 Å². The summed E-state index contributed by atoms with van der Waals surface area (Å²) in [5.74, 6) is -0.0494. The molecule has 2 aliphatic rings. The van der Waals surface area contributed by atoms with Crippen molar-refractivity contribution in [1.29, 1.82) is 0 Å². The van der Waals surface area contributed by atoms with E-state index in [1.165, 1.54) is 12.1 Å². The Morgan fingerprint density at radius 1 is 1.13 bits per heavy atom. The smallest absolute Gasteiger partial charge is 0.369 e. The third-order valence-electron chi connectivity index (χ3n) is 5.98. The molecule has 0 saturated carbocycles. The van der Waals surface area contributed by atoms with Gasteiger partial charge in [0, 0.05) is 56.7 Å². The van der Waals surface area contributed by atoms with Crippen LogP contribution in [0.3, 0.4) is 0 Å². The lowest BCUT2D eigenvalue weighted by Crippen LogP contribution is -2.56. The second-order valence-electron chi connectivity index (χ2n) is 8.05. The maximum atomic E-state index is 13.0. The van der Waals surface area contributed by atoms with Gasteiger partial charge in [-0.25, -0.2) is 0 Å². The van der Waals surface area contributed by atoms with Gasteiger partial charge in [0.15, 0.2) is 0 Å². The number of piperidine rings is 1. The molecule has 0 unspecified atom stereocenters. The molecule has 9 heteroatoms. The van der Waals surface area contributed by atoms with Crippen LogP contribution in [0.15, 0.2) is 30.3 Å². The van der Waals surface area contributed by atoms with E-state index in [1.54, 1.807) is 12.1 Å². The number of H-pyrrole nitrogens is 1. The molecule has 3 heterocycles. The molecule has 0 radical (unpaired) electrons. The van der Waals surface area contributed by atoms with E-state index >= 15 is 0 Å². The molecule has 1 N–H and O–H groups in total. The van der Waals surface area contributed by atoms with Crippen molar-refractivity contribution >= 4 is 11.6 Å². The number of benzene rings is 1. The van der Waals surface area contributed by atoms with Crippen molar-refractivity contribution in [3.63, 3.8) is 0 Å². The summed E-state index contributed by atoms with van der Waals surface area (Å²) in [6.07, 6.45) is -2.37. The summed E-state index contributed by atoms with van der Waals surface area (Å²) < 4.78 is 39.0. The highest BCUT2D eigenvalue weighted by Gasteiger charge is 2.33. The monoisotopic (exact) mass is 421 g/mol. The Morgan fingerprint density at radius 2 is 1.90 bits per heavy atom. The molecule has 1 aromatic carbocycles. The lowest BCUT2D eigenvalue weighted by atomic mass is 10.0. The number of carbonyl (C=O) groups excluding carboxylic acids is 1. The molecular formula is C21H26F3N5O. The third kappa shape index (κ3) is 4.45. The zero-order valence-corrected chi connectivity index (χ0v) is 17.0. The van der Waals surface area contributed by atoms with E-state index in [0.29, 0.717) is 31.0 Å². The summed E-state index contributed by atoms with van der Waals surface area (Å²) in [5, 5.41) is 6.89. The molecule has 1 amide bonds. The lowest BCUT2D eigenvalue weighted by Gasteiger charge is -2.43. The predicted molar refractivity (Wildman–Crippen MR) is 107 cm³/mol. The van der Waals surface area contributed by atoms with Crippen LogP contribution in [-0.4, -0.2) is 71.2 Å². The normalized spacial score (nSPS) is 21.1. The van der Waals surface area contributed by atoms with Crippen molar-refractivity contribution in [3.05, 3.63) is 47.3 Å². The van der Waals surface area contributed by atoms with E-state index in [0.717, 1.165) is 44.2 Å². The number of carbonyl (C=O) groups is 1. The predicted octanol–water partition coefficient (Wildman–Crippen LogP) is 3.16. The molecule has 0 aliphatic carbocycles. The summed E-state index contributed by atoms with van der Waals surface area (Å²) in [5.41, 5.74) is 1.30. The molecule has 1 aromatic heterocycles. The highest BCUT2D eigenvalue weighted by molar-refractivity contribution is 5.92. The average Bonchev–Trinajstić information content (AvgIpc) is 3.19. The number of rotatable bonds is 3. The summed E-state index contributed by atoms with van der Waals surface area (Å²) >= 11 is 0. The van der Waals surface area contributed by atoms with Gasteiger partial charge in [-0.05, 0) is 44.0 Å². The number of amides is 1. The van der Waals surface area contributed by atoms with Gasteiger partial charge in [0.1, 0.15) is 5.69 Å². The van der Waals surface area contributed by atoms with Crippen LogP contribution in [0.1, 0.15) is 34.6 Å². The molecule has 2 fully saturated rings. The van der Waals surface area contributed by atoms with Crippen molar-refractivity contribution in [2.75, 3.05) is 44.2 Å². The van der Waals surface area contributed by atoms with Gasteiger partial charge in [-0.3, -0.25) is 14.8 Å². The van der Waals surface area contributed by atoms with Crippen LogP contribution in [0.4, 0.5) is 18.9 Å². The van der Waals surface area contributed by atoms with Crippen LogP contribution < -0.4 is 4.90 Å². The molecule has 2 saturated heterocycles. The number of piperazine rings is 1. The maximum Gasteiger partial charge on any atom is 0.416 e. The van der Waals surface area contributed by atoms with Crippen LogP contribution in [0.25, 0.3) is 0 Å². The van der Waals surface area contributed by atoms with Crippen LogP contribution in [-0.2, 0) is 6.18 Å². The highest BCUT2D eigenvalue weighted by atomic mass is 19.4. The SMILES string of the molecule is Cc1cc(C(=O)N2CCC[C@H](N3CCN(c4cccc(C(F)(F)F)c4)CC3)C2)n[nH]1. The fourth-order valence-electron chi connectivity index (χ4n) is 4.35. The Kier molecular flexibility index (Phi) is 5.73. The number of alkyl halides is 3. The van der Waals surface area contributed by atoms with Gasteiger partial charge in [0.25, 0.3) is 5.91 Å². The topological polar surface area (TPSA) is 55.5 Å². The molecule has 4 rings (SSSR count). The van der Waals surface area contributed by atoms with Crippen molar-refractivity contribution in [2.24, 2.45) is 0 Å². The van der Waals surface area contributed by atoms with Gasteiger partial charge in [-0.15, -0.1) is 0 Å². The van der Waals surface area contributed by atoms with Gasteiger partial charge in [0.05, 0.1) is 5.56 Å². The van der Waals surface area contributed by atoms with Crippen LogP contribution in [0.2, 0.25) is 0 Å². The van der Waals surface area contributed by atoms with Crippen molar-refractivity contribution < 1.29 is 18.0 Å². The van der Waals surface area contributed by atoms with Crippen molar-refractivity contribution in [2.45, 2.75) is 32.0 Å². The van der Waals surface area contributed by atoms with Gasteiger partial charge >= 0.3 is 6.18 Å². The minimum atomic E-state index is -4.33. The van der Waals surface area contributed by atoms with Gasteiger partial charge in [-0.1, -0.05) is 6.07 Å². The first-order chi connectivity index (χ1) is 14.3. The quantitative estimate of drug-likeness (QED) is 0.827. The summed E-state index contributed by atoms with van der Waals surface area (Å²) in [4.78, 5) is 18.9. The Morgan fingerprint density at radius 3 is 2.57 bits per heavy atom. The third-order valence-corrected chi connectivity index (χ3v) is 5.98. The van der Waals surface area contributed by atoms with E-state index in [9.17, 15) is 18.0 Å². The molecule has 2 aliphatic heterocycles. The zero-order valence-electron chi connectivity index (χ0n) is 17.0. The van der Waals surface area contributed by atoms with Crippen LogP contribution in [0.5, 0.6) is 0 Å². The Hall–Kier alpha value is -2.55. The number of likely N-dealkylation sites (tertiary alicyclic amines) is 1. The zero-order chi connectivity index (χ0) is 21.3. The molecule has 30 heavy (non-hydrogen) atoms. The van der Waals surface area contributed by atoms with Gasteiger partial charge in [0.2, 0.25) is 0 Å². The number of aromatic nitrogens is 2. The number of nitrogens with one attached hydrogen (secondary N) is 1. The number of nitrogens with zero attached hydrogens (tertiary/aromatic N) is 4. The molecular weight excluding hydrogens is 395 g/mol. The first-order valence-corrected chi connectivity index (χ1v) is 10.3. The lowest BCUT2D eigenvalue weighted by molar-refractivity contribution is -0.137. The minimum absolute atomic E-state index is 0.0494. The van der Waals surface area contributed by atoms with Gasteiger partial charge in [-0.2, -0.15) is 18.3 Å². The molecule has 162 valence electrons. The minimum Gasteiger partial charge on any atom is -0.369 e. The molecule has 6 nitrogen and oxygen atoms in total. The number of aromatic amines is 1. The number of aryl methyl sites for hydroxylation is 1. The number of anilines is 1. The van der Waals surface area contributed by atoms with Crippen LogP contribution >= 0.6 is 0 Å². The summed E-state index contributed by atoms with van der Waals surface area (Å²) in [7, 11) is 0. The van der Waals surface area contributed by atoms with E-state index < -0.39 is 11.7 Å². The highest BCUT2D eigenvalue weighted by Crippen LogP contribution is 2.32. The number of halogens is 3. The Labute approximate surface area is 173 Å². The molecule has 2 aromatic rings. The first kappa shape index (κ1) is 20.7. The maximum absolute atomic E-state index is 13.0. The standard InChI is InChI=1S/C21H26F3N5O/c1-15-12-19(26-25-15)20(30)29-7-3-6-18(14-29)28-10-8-27(9-11-28)17-5-2-4-16(13-17)21(22,23)24/h2,4-5,12-13,18H,3,6-11,14H2,1H3,(H,25,26)/t18-/m0/s1. The van der Waals surface area contributed by atoms with Crippen LogP contribution in [0, 0.1) is 6.92 Å². The van der Waals surface area contributed by atoms with E-state index in [-0.39, 0.29) is 11.9 Å². The fourth-order valence-corrected chi connectivity index (χ4v) is 4.35. The van der Waals surface area contributed by atoms with Crippen molar-refractivity contribution in [1.82, 2.24) is 20.0 Å².